The molecule has 0 heterocycles. The van der Waals surface area contributed by atoms with Gasteiger partial charge in [0.15, 0.2) is 0 Å². The number of hydrogen-bond donors (Lipinski definition) is 0. The number of ether oxygens (including phenoxy) is 3. The van der Waals surface area contributed by atoms with Crippen LogP contribution in [-0.2, 0) is 9.53 Å². The Morgan fingerprint density at radius 1 is 0.889 bits per heavy atom. The second kappa shape index (κ2) is 15.1. The molecule has 0 aromatic heterocycles. The van der Waals surface area contributed by atoms with Gasteiger partial charge in [-0.2, -0.15) is 0 Å². The van der Waals surface area contributed by atoms with Gasteiger partial charge < -0.3 is 14.2 Å². The van der Waals surface area contributed by atoms with Crippen molar-refractivity contribution >= 4 is 12.0 Å². The molecule has 0 unspecified atom stereocenters. The van der Waals surface area contributed by atoms with Gasteiger partial charge in [0.25, 0.3) is 0 Å². The second-order valence-electron chi connectivity index (χ2n) is 6.60. The monoisotopic (exact) mass is 376 g/mol. The maximum Gasteiger partial charge on any atom is 0.330 e. The Hall–Kier alpha value is -1.97. The summed E-state index contributed by atoms with van der Waals surface area (Å²) in [5.74, 6) is 1.22. The van der Waals surface area contributed by atoms with Crippen molar-refractivity contribution in [3.63, 3.8) is 0 Å². The molecule has 4 heteroatoms. The van der Waals surface area contributed by atoms with Crippen molar-refractivity contribution in [2.24, 2.45) is 0 Å². The number of carbonyl (C=O) groups excluding carboxylic acids is 1. The summed E-state index contributed by atoms with van der Waals surface area (Å²) in [6, 6.07) is 5.78. The van der Waals surface area contributed by atoms with E-state index in [1.165, 1.54) is 44.6 Å². The van der Waals surface area contributed by atoms with Gasteiger partial charge in [0.05, 0.1) is 19.8 Å². The van der Waals surface area contributed by atoms with Crippen molar-refractivity contribution in [3.05, 3.63) is 29.8 Å². The highest BCUT2D eigenvalue weighted by Gasteiger charge is 2.06. The van der Waals surface area contributed by atoms with Crippen LogP contribution in [0.4, 0.5) is 0 Å². The molecule has 0 fully saturated rings. The molecule has 4 nitrogen and oxygen atoms in total. The highest BCUT2D eigenvalue weighted by atomic mass is 16.5. The topological polar surface area (TPSA) is 44.8 Å². The van der Waals surface area contributed by atoms with Crippen LogP contribution in [0.2, 0.25) is 0 Å². The Bertz CT molecular complexity index is 551. The molecule has 0 aliphatic carbocycles. The summed E-state index contributed by atoms with van der Waals surface area (Å²) < 4.78 is 16.7. The maximum absolute atomic E-state index is 11.6. The predicted octanol–water partition coefficient (Wildman–Crippen LogP) is 6.18. The SMILES string of the molecule is CCCCCCOc1ccc(OCCCCCC)c(C=CC(=O)OCC)c1. The van der Waals surface area contributed by atoms with Crippen LogP contribution in [0.3, 0.4) is 0 Å². The van der Waals surface area contributed by atoms with E-state index in [-0.39, 0.29) is 5.97 Å². The van der Waals surface area contributed by atoms with Gasteiger partial charge in [-0.05, 0) is 44.0 Å². The Balaban J connectivity index is 2.70. The van der Waals surface area contributed by atoms with Crippen molar-refractivity contribution in [3.8, 4) is 11.5 Å². The first-order valence-electron chi connectivity index (χ1n) is 10.5. The minimum absolute atomic E-state index is 0.350. The first-order valence-corrected chi connectivity index (χ1v) is 10.5. The average molecular weight is 377 g/mol. The molecule has 0 bridgehead atoms. The van der Waals surface area contributed by atoms with Gasteiger partial charge in [-0.25, -0.2) is 4.79 Å². The van der Waals surface area contributed by atoms with Gasteiger partial charge in [-0.3, -0.25) is 0 Å². The number of hydrogen-bond acceptors (Lipinski definition) is 4. The zero-order chi connectivity index (χ0) is 19.7. The summed E-state index contributed by atoms with van der Waals surface area (Å²) in [7, 11) is 0. The fraction of sp³-hybridized carbons (Fsp3) is 0.609. The number of carbonyl (C=O) groups is 1. The second-order valence-corrected chi connectivity index (χ2v) is 6.60. The largest absolute Gasteiger partial charge is 0.494 e. The lowest BCUT2D eigenvalue weighted by Crippen LogP contribution is -2.02. The normalized spacial score (nSPS) is 10.9. The molecule has 27 heavy (non-hydrogen) atoms. The number of unbranched alkanes of at least 4 members (excludes halogenated alkanes) is 6. The fourth-order valence-corrected chi connectivity index (χ4v) is 2.66. The minimum Gasteiger partial charge on any atom is -0.494 e. The summed E-state index contributed by atoms with van der Waals surface area (Å²) in [5.41, 5.74) is 0.838. The molecule has 0 radical (unpaired) electrons. The van der Waals surface area contributed by atoms with Crippen molar-refractivity contribution < 1.29 is 19.0 Å². The molecule has 0 aliphatic heterocycles. The molecule has 0 atom stereocenters. The lowest BCUT2D eigenvalue weighted by molar-refractivity contribution is -0.137. The summed E-state index contributed by atoms with van der Waals surface area (Å²) >= 11 is 0. The molecule has 0 aliphatic rings. The van der Waals surface area contributed by atoms with Crippen LogP contribution in [0.5, 0.6) is 11.5 Å². The van der Waals surface area contributed by atoms with Crippen LogP contribution in [0, 0.1) is 0 Å². The minimum atomic E-state index is -0.350. The van der Waals surface area contributed by atoms with Gasteiger partial charge in [0.1, 0.15) is 11.5 Å². The van der Waals surface area contributed by atoms with E-state index < -0.39 is 0 Å². The van der Waals surface area contributed by atoms with Crippen LogP contribution < -0.4 is 9.47 Å². The lowest BCUT2D eigenvalue weighted by atomic mass is 10.1. The molecule has 0 N–H and O–H groups in total. The Morgan fingerprint density at radius 2 is 1.56 bits per heavy atom. The smallest absolute Gasteiger partial charge is 0.330 e. The van der Waals surface area contributed by atoms with Crippen molar-refractivity contribution in [2.75, 3.05) is 19.8 Å². The third kappa shape index (κ3) is 10.7. The summed E-state index contributed by atoms with van der Waals surface area (Å²) in [4.78, 5) is 11.6. The molecule has 0 saturated carbocycles. The quantitative estimate of drug-likeness (QED) is 0.208. The van der Waals surface area contributed by atoms with Crippen molar-refractivity contribution in [1.29, 1.82) is 0 Å². The lowest BCUT2D eigenvalue weighted by Gasteiger charge is -2.12. The molecule has 0 saturated heterocycles. The molecular weight excluding hydrogens is 340 g/mol. The maximum atomic E-state index is 11.6. The van der Waals surface area contributed by atoms with Crippen LogP contribution >= 0.6 is 0 Å². The van der Waals surface area contributed by atoms with Crippen LogP contribution in [-0.4, -0.2) is 25.8 Å². The van der Waals surface area contributed by atoms with Crippen LogP contribution in [0.25, 0.3) is 6.08 Å². The highest BCUT2D eigenvalue weighted by molar-refractivity contribution is 5.87. The summed E-state index contributed by atoms with van der Waals surface area (Å²) in [6.45, 7) is 7.94. The van der Waals surface area contributed by atoms with E-state index in [1.807, 2.05) is 18.2 Å². The zero-order valence-corrected chi connectivity index (χ0v) is 17.3. The number of esters is 1. The molecule has 1 aromatic rings. The summed E-state index contributed by atoms with van der Waals surface area (Å²) in [5, 5.41) is 0. The fourth-order valence-electron chi connectivity index (χ4n) is 2.66. The molecule has 1 aromatic carbocycles. The molecular formula is C23H36O4. The third-order valence-electron chi connectivity index (χ3n) is 4.19. The number of rotatable bonds is 15. The molecule has 0 amide bonds. The number of benzene rings is 1. The van der Waals surface area contributed by atoms with Gasteiger partial charge >= 0.3 is 5.97 Å². The van der Waals surface area contributed by atoms with E-state index in [1.54, 1.807) is 13.0 Å². The molecule has 0 spiro atoms. The standard InChI is InChI=1S/C23H36O4/c1-4-7-9-11-17-26-21-14-15-22(27-18-12-10-8-5-2)20(19-21)13-16-23(24)25-6-3/h13-16,19H,4-12,17-18H2,1-3H3. The van der Waals surface area contributed by atoms with Gasteiger partial charge in [0, 0.05) is 11.6 Å². The average Bonchev–Trinajstić information content (AvgIpc) is 2.67. The van der Waals surface area contributed by atoms with E-state index in [9.17, 15) is 4.79 Å². The van der Waals surface area contributed by atoms with Gasteiger partial charge in [-0.15, -0.1) is 0 Å². The Morgan fingerprint density at radius 3 is 2.19 bits per heavy atom. The van der Waals surface area contributed by atoms with E-state index >= 15 is 0 Å². The Labute approximate surface area is 164 Å². The molecule has 1 rings (SSSR count). The van der Waals surface area contributed by atoms with Gasteiger partial charge in [0.2, 0.25) is 0 Å². The predicted molar refractivity (Wildman–Crippen MR) is 111 cm³/mol. The highest BCUT2D eigenvalue weighted by Crippen LogP contribution is 2.26. The summed E-state index contributed by atoms with van der Waals surface area (Å²) in [6.07, 6.45) is 12.5. The van der Waals surface area contributed by atoms with E-state index in [0.29, 0.717) is 19.8 Å². The van der Waals surface area contributed by atoms with Gasteiger partial charge in [-0.1, -0.05) is 52.4 Å². The van der Waals surface area contributed by atoms with Crippen LogP contribution in [0.15, 0.2) is 24.3 Å². The van der Waals surface area contributed by atoms with E-state index in [2.05, 4.69) is 13.8 Å². The first kappa shape index (κ1) is 23.1. The molecule has 152 valence electrons. The van der Waals surface area contributed by atoms with Crippen molar-refractivity contribution in [1.82, 2.24) is 0 Å². The Kier molecular flexibility index (Phi) is 12.9. The first-order chi connectivity index (χ1) is 13.2. The van der Waals surface area contributed by atoms with Crippen molar-refractivity contribution in [2.45, 2.75) is 72.1 Å². The van der Waals surface area contributed by atoms with E-state index in [4.69, 9.17) is 14.2 Å². The van der Waals surface area contributed by atoms with E-state index in [0.717, 1.165) is 29.9 Å². The third-order valence-corrected chi connectivity index (χ3v) is 4.19. The van der Waals surface area contributed by atoms with Crippen LogP contribution in [0.1, 0.15) is 77.7 Å². The zero-order valence-electron chi connectivity index (χ0n) is 17.3.